The molecule has 0 unspecified atom stereocenters. The maximum Gasteiger partial charge on any atom is 0.255 e. The molecule has 0 saturated carbocycles. The molecule has 0 radical (unpaired) electrons. The second kappa shape index (κ2) is 8.11. The van der Waals surface area contributed by atoms with E-state index in [9.17, 15) is 4.79 Å². The van der Waals surface area contributed by atoms with E-state index in [1.54, 1.807) is 23.1 Å². The third-order valence-corrected chi connectivity index (χ3v) is 6.67. The van der Waals surface area contributed by atoms with Crippen molar-refractivity contribution in [2.24, 2.45) is 0 Å². The number of hydrogen-bond acceptors (Lipinski definition) is 4. The minimum absolute atomic E-state index is 0.0336. The molecule has 0 N–H and O–H groups in total. The predicted molar refractivity (Wildman–Crippen MR) is 107 cm³/mol. The highest BCUT2D eigenvalue weighted by Crippen LogP contribution is 2.32. The second-order valence-electron chi connectivity index (χ2n) is 6.70. The Kier molecular flexibility index (Phi) is 6.08. The normalized spacial score (nSPS) is 18.0. The Morgan fingerprint density at radius 3 is 2.92 bits per heavy atom. The van der Waals surface area contributed by atoms with Crippen molar-refractivity contribution in [2.75, 3.05) is 19.3 Å². The number of likely N-dealkylation sites (tertiary alicyclic amines) is 1. The number of benzene rings is 1. The van der Waals surface area contributed by atoms with E-state index in [0.717, 1.165) is 41.5 Å². The summed E-state index contributed by atoms with van der Waals surface area (Å²) in [6.45, 7) is 5.84. The van der Waals surface area contributed by atoms with Gasteiger partial charge in [0, 0.05) is 29.3 Å². The lowest BCUT2D eigenvalue weighted by Gasteiger charge is -2.32. The van der Waals surface area contributed by atoms with Gasteiger partial charge in [-0.25, -0.2) is 4.98 Å². The van der Waals surface area contributed by atoms with Crippen molar-refractivity contribution in [3.05, 3.63) is 44.9 Å². The first-order valence-corrected chi connectivity index (χ1v) is 11.1. The van der Waals surface area contributed by atoms with Crippen LogP contribution in [0.3, 0.4) is 0 Å². The molecule has 134 valence electrons. The fourth-order valence-corrected chi connectivity index (χ4v) is 4.83. The lowest BCUT2D eigenvalue weighted by atomic mass is 9.98. The van der Waals surface area contributed by atoms with Crippen molar-refractivity contribution in [2.45, 2.75) is 43.4 Å². The quantitative estimate of drug-likeness (QED) is 0.627. The fraction of sp³-hybridized carbons (Fsp3) is 0.474. The van der Waals surface area contributed by atoms with Gasteiger partial charge in [0.2, 0.25) is 0 Å². The molecule has 1 fully saturated rings. The molecule has 1 aliphatic heterocycles. The van der Waals surface area contributed by atoms with Gasteiger partial charge in [0.1, 0.15) is 0 Å². The van der Waals surface area contributed by atoms with E-state index in [1.165, 1.54) is 0 Å². The van der Waals surface area contributed by atoms with Crippen molar-refractivity contribution in [1.82, 2.24) is 9.88 Å². The molecule has 1 aromatic heterocycles. The van der Waals surface area contributed by atoms with Gasteiger partial charge in [-0.3, -0.25) is 4.79 Å². The molecule has 1 amide bonds. The number of hydrogen-bond donors (Lipinski definition) is 0. The van der Waals surface area contributed by atoms with Gasteiger partial charge in [-0.1, -0.05) is 25.4 Å². The molecule has 0 aliphatic carbocycles. The monoisotopic (exact) mass is 394 g/mol. The molecule has 2 heterocycles. The fourth-order valence-electron chi connectivity index (χ4n) is 3.08. The molecule has 0 bridgehead atoms. The van der Waals surface area contributed by atoms with Gasteiger partial charge in [0.05, 0.1) is 21.3 Å². The first-order valence-electron chi connectivity index (χ1n) is 8.57. The van der Waals surface area contributed by atoms with Crippen LogP contribution in [0.25, 0.3) is 0 Å². The summed E-state index contributed by atoms with van der Waals surface area (Å²) in [5, 5.41) is 3.84. The van der Waals surface area contributed by atoms with Gasteiger partial charge in [-0.2, -0.15) is 0 Å². The van der Waals surface area contributed by atoms with E-state index in [1.807, 2.05) is 29.4 Å². The largest absolute Gasteiger partial charge is 0.338 e. The highest BCUT2D eigenvalue weighted by molar-refractivity contribution is 7.98. The topological polar surface area (TPSA) is 33.2 Å². The number of rotatable bonds is 4. The van der Waals surface area contributed by atoms with Crippen LogP contribution < -0.4 is 0 Å². The van der Waals surface area contributed by atoms with Crippen molar-refractivity contribution < 1.29 is 4.79 Å². The third-order valence-electron chi connectivity index (χ3n) is 4.59. The van der Waals surface area contributed by atoms with Crippen LogP contribution in [0, 0.1) is 0 Å². The summed E-state index contributed by atoms with van der Waals surface area (Å²) in [5.41, 5.74) is 1.76. The first-order chi connectivity index (χ1) is 12.0. The molecular formula is C19H23ClN2OS2. The Labute approximate surface area is 162 Å². The highest BCUT2D eigenvalue weighted by Gasteiger charge is 2.28. The molecule has 3 rings (SSSR count). The van der Waals surface area contributed by atoms with E-state index in [0.29, 0.717) is 22.4 Å². The number of halogens is 1. The van der Waals surface area contributed by atoms with Gasteiger partial charge in [0.25, 0.3) is 5.91 Å². The maximum atomic E-state index is 13.0. The van der Waals surface area contributed by atoms with Crippen molar-refractivity contribution in [3.8, 4) is 0 Å². The number of aromatic nitrogens is 1. The Morgan fingerprint density at radius 1 is 1.44 bits per heavy atom. The van der Waals surface area contributed by atoms with Crippen molar-refractivity contribution in [3.63, 3.8) is 0 Å². The number of thiazole rings is 1. The summed E-state index contributed by atoms with van der Waals surface area (Å²) >= 11 is 9.64. The molecule has 0 spiro atoms. The Morgan fingerprint density at radius 2 is 2.24 bits per heavy atom. The molecular weight excluding hydrogens is 372 g/mol. The highest BCUT2D eigenvalue weighted by atomic mass is 35.5. The van der Waals surface area contributed by atoms with E-state index < -0.39 is 0 Å². The van der Waals surface area contributed by atoms with E-state index in [-0.39, 0.29) is 5.91 Å². The summed E-state index contributed by atoms with van der Waals surface area (Å²) in [6, 6.07) is 5.67. The van der Waals surface area contributed by atoms with Crippen molar-refractivity contribution >= 4 is 40.6 Å². The van der Waals surface area contributed by atoms with Gasteiger partial charge in [-0.15, -0.1) is 23.1 Å². The van der Waals surface area contributed by atoms with E-state index >= 15 is 0 Å². The minimum Gasteiger partial charge on any atom is -0.338 e. The summed E-state index contributed by atoms with van der Waals surface area (Å²) in [6.07, 6.45) is 4.10. The molecule has 1 atom stereocenters. The molecule has 3 nitrogen and oxygen atoms in total. The van der Waals surface area contributed by atoms with Crippen LogP contribution in [-0.2, 0) is 0 Å². The summed E-state index contributed by atoms with van der Waals surface area (Å²) in [7, 11) is 0. The number of piperidine rings is 1. The Balaban J connectivity index is 1.77. The lowest BCUT2D eigenvalue weighted by Crippen LogP contribution is -2.39. The average molecular weight is 395 g/mol. The van der Waals surface area contributed by atoms with Crippen LogP contribution in [0.1, 0.15) is 59.6 Å². The number of thioether (sulfide) groups is 1. The zero-order valence-electron chi connectivity index (χ0n) is 14.8. The number of carbonyl (C=O) groups is 1. The van der Waals surface area contributed by atoms with Gasteiger partial charge in [0.15, 0.2) is 0 Å². The first kappa shape index (κ1) is 18.7. The van der Waals surface area contributed by atoms with Crippen LogP contribution in [0.4, 0.5) is 0 Å². The van der Waals surface area contributed by atoms with Crippen LogP contribution >= 0.6 is 34.7 Å². The van der Waals surface area contributed by atoms with Crippen LogP contribution in [0.5, 0.6) is 0 Å². The zero-order chi connectivity index (χ0) is 18.0. The van der Waals surface area contributed by atoms with Gasteiger partial charge >= 0.3 is 0 Å². The van der Waals surface area contributed by atoms with E-state index in [4.69, 9.17) is 16.6 Å². The second-order valence-corrected chi connectivity index (χ2v) is 8.88. The summed E-state index contributed by atoms with van der Waals surface area (Å²) in [5.74, 6) is 0.809. The molecule has 2 aromatic rings. The van der Waals surface area contributed by atoms with Gasteiger partial charge in [-0.05, 0) is 43.2 Å². The Hall–Kier alpha value is -1.04. The molecule has 6 heteroatoms. The number of carbonyl (C=O) groups excluding carboxylic acids is 1. The SMILES string of the molecule is CSc1ccc(Cl)c(C(=O)N2CCC[C@H](c3nc(C(C)C)cs3)C2)c1. The number of nitrogens with zero attached hydrogens (tertiary/aromatic N) is 2. The Bertz CT molecular complexity index is 760. The van der Waals surface area contributed by atoms with Crippen LogP contribution in [-0.4, -0.2) is 35.1 Å². The molecule has 1 aliphatic rings. The summed E-state index contributed by atoms with van der Waals surface area (Å²) in [4.78, 5) is 20.8. The minimum atomic E-state index is 0.0336. The third kappa shape index (κ3) is 4.21. The predicted octanol–water partition coefficient (Wildman–Crippen LogP) is 5.66. The van der Waals surface area contributed by atoms with Crippen LogP contribution in [0.2, 0.25) is 5.02 Å². The van der Waals surface area contributed by atoms with E-state index in [2.05, 4.69) is 19.2 Å². The maximum absolute atomic E-state index is 13.0. The number of amides is 1. The smallest absolute Gasteiger partial charge is 0.255 e. The van der Waals surface area contributed by atoms with Gasteiger partial charge < -0.3 is 4.90 Å². The standard InChI is InChI=1S/C19H23ClN2OS2/c1-12(2)17-11-25-18(21-17)13-5-4-8-22(10-13)19(23)15-9-14(24-3)6-7-16(15)20/h6-7,9,11-13H,4-5,8,10H2,1-3H3/t13-/m0/s1. The average Bonchev–Trinajstić information content (AvgIpc) is 3.12. The zero-order valence-corrected chi connectivity index (χ0v) is 17.2. The molecule has 1 aromatic carbocycles. The van der Waals surface area contributed by atoms with Crippen molar-refractivity contribution in [1.29, 1.82) is 0 Å². The lowest BCUT2D eigenvalue weighted by molar-refractivity contribution is 0.0707. The molecule has 25 heavy (non-hydrogen) atoms. The van der Waals surface area contributed by atoms with Crippen LogP contribution in [0.15, 0.2) is 28.5 Å². The molecule has 1 saturated heterocycles. The summed E-state index contributed by atoms with van der Waals surface area (Å²) < 4.78 is 0.